The van der Waals surface area contributed by atoms with Crippen LogP contribution in [0.25, 0.3) is 11.3 Å². The van der Waals surface area contributed by atoms with Crippen LogP contribution in [0.1, 0.15) is 56.2 Å². The normalized spacial score (nSPS) is 32.0. The lowest BCUT2D eigenvalue weighted by Crippen LogP contribution is -2.66. The molecule has 0 bridgehead atoms. The first-order chi connectivity index (χ1) is 21.5. The third-order valence-corrected chi connectivity index (χ3v) is 10.5. The number of hydrogen-bond donors (Lipinski definition) is 5. The number of amides is 1. The molecule has 5 aliphatic carbocycles. The van der Waals surface area contributed by atoms with Crippen molar-refractivity contribution in [1.29, 1.82) is 0 Å². The molecule has 5 aliphatic rings. The van der Waals surface area contributed by atoms with Crippen molar-refractivity contribution in [3.8, 4) is 5.75 Å². The first kappa shape index (κ1) is 31.2. The zero-order valence-electron chi connectivity index (χ0n) is 25.8. The highest BCUT2D eigenvalue weighted by molar-refractivity contribution is 6.24. The van der Waals surface area contributed by atoms with E-state index in [0.29, 0.717) is 5.56 Å². The number of aliphatic hydroxyl groups excluding tert-OH is 2. The Hall–Kier alpha value is -3.79. The SMILES string of the molecule is CCCN(CCC)CC1=CC=C(c2ccc(O)c3c2C[C@H]2C[C@H]4CC(O)C(C(N)=O)C(=O)[C@@]4(O)C(=O)C2=C3O)C2C=CC=CC12. The Morgan fingerprint density at radius 3 is 2.38 bits per heavy atom. The van der Waals surface area contributed by atoms with Crippen LogP contribution in [-0.2, 0) is 20.8 Å². The van der Waals surface area contributed by atoms with Crippen molar-refractivity contribution in [2.24, 2.45) is 35.3 Å². The number of nitrogens with zero attached hydrogens (tertiary/aromatic N) is 1. The molecule has 238 valence electrons. The predicted molar refractivity (Wildman–Crippen MR) is 170 cm³/mol. The van der Waals surface area contributed by atoms with Crippen LogP contribution in [-0.4, -0.2) is 74.1 Å². The summed E-state index contributed by atoms with van der Waals surface area (Å²) in [4.78, 5) is 41.6. The Kier molecular flexibility index (Phi) is 8.22. The lowest BCUT2D eigenvalue weighted by molar-refractivity contribution is -0.174. The first-order valence-corrected chi connectivity index (χ1v) is 16.1. The monoisotopic (exact) mass is 614 g/mol. The molecular weight excluding hydrogens is 572 g/mol. The van der Waals surface area contributed by atoms with Crippen molar-refractivity contribution in [1.82, 2.24) is 4.90 Å². The van der Waals surface area contributed by atoms with Crippen LogP contribution in [0.3, 0.4) is 0 Å². The van der Waals surface area contributed by atoms with E-state index >= 15 is 0 Å². The maximum absolute atomic E-state index is 13.9. The van der Waals surface area contributed by atoms with Crippen molar-refractivity contribution in [2.45, 2.75) is 57.7 Å². The van der Waals surface area contributed by atoms with E-state index in [0.717, 1.165) is 43.6 Å². The van der Waals surface area contributed by atoms with E-state index in [9.17, 15) is 34.8 Å². The van der Waals surface area contributed by atoms with Crippen LogP contribution in [0.5, 0.6) is 5.75 Å². The van der Waals surface area contributed by atoms with Gasteiger partial charge in [0.1, 0.15) is 17.4 Å². The predicted octanol–water partition coefficient (Wildman–Crippen LogP) is 3.39. The summed E-state index contributed by atoms with van der Waals surface area (Å²) in [5.74, 6) is -6.97. The number of Topliss-reactive ketones (excluding diaryl/α,β-unsaturated/α-hetero) is 2. The molecule has 7 atom stereocenters. The van der Waals surface area contributed by atoms with E-state index in [2.05, 4.69) is 49.1 Å². The van der Waals surface area contributed by atoms with Gasteiger partial charge in [-0.15, -0.1) is 0 Å². The first-order valence-electron chi connectivity index (χ1n) is 16.1. The second-order valence-electron chi connectivity index (χ2n) is 13.2. The Balaban J connectivity index is 1.42. The second-order valence-corrected chi connectivity index (χ2v) is 13.2. The molecule has 4 unspecified atom stereocenters. The maximum Gasteiger partial charge on any atom is 0.230 e. The van der Waals surface area contributed by atoms with Crippen LogP contribution < -0.4 is 5.73 Å². The average molecular weight is 615 g/mol. The van der Waals surface area contributed by atoms with Gasteiger partial charge < -0.3 is 26.2 Å². The van der Waals surface area contributed by atoms with Gasteiger partial charge in [-0.1, -0.05) is 56.4 Å². The van der Waals surface area contributed by atoms with Gasteiger partial charge in [0.2, 0.25) is 11.7 Å². The minimum atomic E-state index is -2.59. The van der Waals surface area contributed by atoms with Crippen LogP contribution in [0.15, 0.2) is 59.7 Å². The molecule has 1 aromatic rings. The summed E-state index contributed by atoms with van der Waals surface area (Å²) < 4.78 is 0. The van der Waals surface area contributed by atoms with Gasteiger partial charge in [-0.05, 0) is 79.5 Å². The number of phenolic OH excluding ortho intramolecular Hbond substituents is 1. The number of phenols is 1. The fourth-order valence-corrected chi connectivity index (χ4v) is 8.46. The highest BCUT2D eigenvalue weighted by atomic mass is 16.3. The number of allylic oxidation sites excluding steroid dienone is 7. The van der Waals surface area contributed by atoms with Gasteiger partial charge in [-0.3, -0.25) is 19.3 Å². The van der Waals surface area contributed by atoms with Gasteiger partial charge in [-0.25, -0.2) is 0 Å². The molecule has 0 radical (unpaired) electrons. The van der Waals surface area contributed by atoms with Gasteiger partial charge in [0, 0.05) is 29.9 Å². The summed E-state index contributed by atoms with van der Waals surface area (Å²) in [5, 5.41) is 44.7. The molecule has 0 spiro atoms. The largest absolute Gasteiger partial charge is 0.507 e. The molecule has 45 heavy (non-hydrogen) atoms. The third kappa shape index (κ3) is 4.92. The van der Waals surface area contributed by atoms with Crippen molar-refractivity contribution in [3.63, 3.8) is 0 Å². The zero-order valence-corrected chi connectivity index (χ0v) is 25.8. The lowest BCUT2D eigenvalue weighted by Gasteiger charge is -2.48. The number of ketones is 2. The van der Waals surface area contributed by atoms with Crippen LogP contribution >= 0.6 is 0 Å². The Morgan fingerprint density at radius 1 is 1.02 bits per heavy atom. The minimum absolute atomic E-state index is 0.0381. The fourth-order valence-electron chi connectivity index (χ4n) is 8.46. The van der Waals surface area contributed by atoms with E-state index in [4.69, 9.17) is 5.73 Å². The molecule has 1 aromatic carbocycles. The standard InChI is InChI=1S/C36H42N2O7/c1-3-13-38(14-4-2)18-19-9-10-24(23-8-6-5-7-22(19)23)25-11-12-27(39)30-26(25)16-20-15-21-17-28(40)31(35(37)44)34(43)36(21,45)33(42)29(20)32(30)41/h5-12,20-23,28,31,39-41,45H,3-4,13-18H2,1-2H3,(H2,37,44)/t20-,21+,22?,23?,28?,31?,36+/m1/s1. The highest BCUT2D eigenvalue weighted by Gasteiger charge is 2.64. The second kappa shape index (κ2) is 11.9. The minimum Gasteiger partial charge on any atom is -0.507 e. The highest BCUT2D eigenvalue weighted by Crippen LogP contribution is 2.53. The summed E-state index contributed by atoms with van der Waals surface area (Å²) in [6.07, 6.45) is 13.9. The number of aromatic hydroxyl groups is 1. The Labute approximate surface area is 263 Å². The maximum atomic E-state index is 13.9. The number of hydrogen-bond acceptors (Lipinski definition) is 8. The summed E-state index contributed by atoms with van der Waals surface area (Å²) in [5.41, 5.74) is 6.67. The van der Waals surface area contributed by atoms with E-state index in [1.165, 1.54) is 11.6 Å². The molecule has 6 rings (SSSR count). The van der Waals surface area contributed by atoms with Crippen molar-refractivity contribution in [2.75, 3.05) is 19.6 Å². The average Bonchev–Trinajstić information content (AvgIpc) is 2.99. The number of rotatable bonds is 8. The van der Waals surface area contributed by atoms with Crippen LogP contribution in [0.2, 0.25) is 0 Å². The summed E-state index contributed by atoms with van der Waals surface area (Å²) in [6, 6.07) is 3.36. The number of nitrogens with two attached hydrogens (primary N) is 1. The number of benzene rings is 1. The molecule has 6 N–H and O–H groups in total. The number of primary amides is 1. The van der Waals surface area contributed by atoms with Gasteiger partial charge in [0.15, 0.2) is 11.4 Å². The molecule has 1 amide bonds. The smallest absolute Gasteiger partial charge is 0.230 e. The molecule has 9 heteroatoms. The zero-order chi connectivity index (χ0) is 32.2. The third-order valence-electron chi connectivity index (χ3n) is 10.5. The van der Waals surface area contributed by atoms with Gasteiger partial charge in [0.05, 0.1) is 11.7 Å². The van der Waals surface area contributed by atoms with Gasteiger partial charge in [0.25, 0.3) is 0 Å². The Bertz CT molecular complexity index is 1590. The summed E-state index contributed by atoms with van der Waals surface area (Å²) >= 11 is 0. The summed E-state index contributed by atoms with van der Waals surface area (Å²) in [6.45, 7) is 7.32. The van der Waals surface area contributed by atoms with E-state index in [1.54, 1.807) is 0 Å². The van der Waals surface area contributed by atoms with Crippen LogP contribution in [0.4, 0.5) is 0 Å². The van der Waals surface area contributed by atoms with Crippen molar-refractivity contribution >= 4 is 28.8 Å². The number of aliphatic hydroxyl groups is 3. The number of carbonyl (C=O) groups excluding carboxylic acids is 3. The molecule has 0 heterocycles. The molecular formula is C36H42N2O7. The van der Waals surface area contributed by atoms with Crippen molar-refractivity contribution in [3.05, 3.63) is 76.4 Å². The Morgan fingerprint density at radius 2 is 1.71 bits per heavy atom. The lowest BCUT2D eigenvalue weighted by atomic mass is 9.56. The van der Waals surface area contributed by atoms with Crippen LogP contribution in [0, 0.1) is 29.6 Å². The molecule has 0 aromatic heterocycles. The number of fused-ring (bicyclic) bond motifs is 4. The quantitative estimate of drug-likeness (QED) is 0.279. The van der Waals surface area contributed by atoms with E-state index in [1.807, 2.05) is 12.1 Å². The molecule has 0 saturated heterocycles. The summed E-state index contributed by atoms with van der Waals surface area (Å²) in [7, 11) is 0. The van der Waals surface area contributed by atoms with E-state index < -0.39 is 52.7 Å². The fraction of sp³-hybridized carbons (Fsp3) is 0.472. The van der Waals surface area contributed by atoms with Crippen molar-refractivity contribution < 1.29 is 34.8 Å². The van der Waals surface area contributed by atoms with E-state index in [-0.39, 0.29) is 48.0 Å². The van der Waals surface area contributed by atoms with Gasteiger partial charge in [-0.2, -0.15) is 0 Å². The molecule has 2 fully saturated rings. The molecule has 2 saturated carbocycles. The molecule has 0 aliphatic heterocycles. The number of carbonyl (C=O) groups is 3. The topological polar surface area (TPSA) is 161 Å². The molecule has 9 nitrogen and oxygen atoms in total. The van der Waals surface area contributed by atoms with Gasteiger partial charge >= 0.3 is 0 Å².